The Bertz CT molecular complexity index is 608. The Morgan fingerprint density at radius 3 is 2.38 bits per heavy atom. The summed E-state index contributed by atoms with van der Waals surface area (Å²) in [6.07, 6.45) is -3.85. The maximum absolute atomic E-state index is 12.3. The molecule has 3 amide bonds. The fourth-order valence-corrected chi connectivity index (χ4v) is 1.81. The van der Waals surface area contributed by atoms with Gasteiger partial charge in [-0.3, -0.25) is 4.79 Å². The zero-order valence-corrected chi connectivity index (χ0v) is 13.2. The number of anilines is 1. The lowest BCUT2D eigenvalue weighted by Gasteiger charge is -2.15. The molecule has 0 radical (unpaired) electrons. The van der Waals surface area contributed by atoms with Crippen LogP contribution in [0.5, 0.6) is 0 Å². The van der Waals surface area contributed by atoms with E-state index in [4.69, 9.17) is 5.11 Å². The normalized spacial score (nSPS) is 11.9. The molecule has 7 nitrogen and oxygen atoms in total. The van der Waals surface area contributed by atoms with Crippen LogP contribution in [0.15, 0.2) is 24.3 Å². The Kier molecular flexibility index (Phi) is 7.09. The first-order valence-electron chi connectivity index (χ1n) is 7.18. The van der Waals surface area contributed by atoms with Gasteiger partial charge in [0.1, 0.15) is 6.04 Å². The maximum atomic E-state index is 12.3. The van der Waals surface area contributed by atoms with Gasteiger partial charge >= 0.3 is 12.0 Å². The van der Waals surface area contributed by atoms with E-state index in [-0.39, 0.29) is 11.6 Å². The number of alkyl halides is 2. The van der Waals surface area contributed by atoms with E-state index in [1.165, 1.54) is 24.3 Å². The topological polar surface area (TPSA) is 108 Å². The van der Waals surface area contributed by atoms with E-state index >= 15 is 0 Å². The molecule has 1 aromatic carbocycles. The SMILES string of the molecule is CC(C)NC(=O)Nc1cccc(C(=O)NC(CC(F)F)C(=O)O)c1. The highest BCUT2D eigenvalue weighted by atomic mass is 19.3. The number of hydrogen-bond donors (Lipinski definition) is 4. The molecule has 0 saturated carbocycles. The predicted octanol–water partition coefficient (Wildman–Crippen LogP) is 2.05. The second-order valence-electron chi connectivity index (χ2n) is 5.33. The van der Waals surface area contributed by atoms with Gasteiger partial charge in [0.25, 0.3) is 5.91 Å². The van der Waals surface area contributed by atoms with Crippen LogP contribution >= 0.6 is 0 Å². The summed E-state index contributed by atoms with van der Waals surface area (Å²) in [5, 5.41) is 16.0. The van der Waals surface area contributed by atoms with E-state index in [1.807, 2.05) is 5.32 Å². The third-order valence-corrected chi connectivity index (χ3v) is 2.82. The van der Waals surface area contributed by atoms with Crippen molar-refractivity contribution < 1.29 is 28.3 Å². The molecule has 1 unspecified atom stereocenters. The molecule has 0 aromatic heterocycles. The highest BCUT2D eigenvalue weighted by molar-refractivity contribution is 5.98. The first-order valence-corrected chi connectivity index (χ1v) is 7.18. The van der Waals surface area contributed by atoms with Crippen molar-refractivity contribution in [2.45, 2.75) is 38.8 Å². The van der Waals surface area contributed by atoms with Crippen molar-refractivity contribution in [3.8, 4) is 0 Å². The second-order valence-corrected chi connectivity index (χ2v) is 5.33. The maximum Gasteiger partial charge on any atom is 0.326 e. The van der Waals surface area contributed by atoms with E-state index < -0.39 is 36.8 Å². The van der Waals surface area contributed by atoms with Crippen molar-refractivity contribution in [1.82, 2.24) is 10.6 Å². The molecule has 0 saturated heterocycles. The van der Waals surface area contributed by atoms with Gasteiger partial charge in [0.05, 0.1) is 0 Å². The molecule has 0 aliphatic rings. The van der Waals surface area contributed by atoms with Crippen molar-refractivity contribution in [2.24, 2.45) is 0 Å². The van der Waals surface area contributed by atoms with Gasteiger partial charge in [0, 0.05) is 23.7 Å². The van der Waals surface area contributed by atoms with Gasteiger partial charge in [-0.25, -0.2) is 18.4 Å². The number of benzene rings is 1. The van der Waals surface area contributed by atoms with Crippen LogP contribution in [-0.2, 0) is 4.79 Å². The van der Waals surface area contributed by atoms with Gasteiger partial charge < -0.3 is 21.1 Å². The quantitative estimate of drug-likeness (QED) is 0.608. The third-order valence-electron chi connectivity index (χ3n) is 2.82. The Hall–Kier alpha value is -2.71. The van der Waals surface area contributed by atoms with E-state index in [2.05, 4.69) is 10.6 Å². The lowest BCUT2D eigenvalue weighted by atomic mass is 10.1. The highest BCUT2D eigenvalue weighted by Gasteiger charge is 2.24. The summed E-state index contributed by atoms with van der Waals surface area (Å²) in [5.41, 5.74) is 0.347. The number of rotatable bonds is 7. The molecule has 0 aliphatic carbocycles. The molecule has 0 bridgehead atoms. The predicted molar refractivity (Wildman–Crippen MR) is 83.2 cm³/mol. The van der Waals surface area contributed by atoms with Gasteiger partial charge in [0.2, 0.25) is 6.43 Å². The van der Waals surface area contributed by atoms with Gasteiger partial charge in [-0.1, -0.05) is 6.07 Å². The number of amides is 3. The number of hydrogen-bond acceptors (Lipinski definition) is 3. The molecule has 0 aliphatic heterocycles. The van der Waals surface area contributed by atoms with Crippen LogP contribution in [0.2, 0.25) is 0 Å². The fourth-order valence-electron chi connectivity index (χ4n) is 1.81. The molecule has 0 fully saturated rings. The zero-order valence-electron chi connectivity index (χ0n) is 13.2. The summed E-state index contributed by atoms with van der Waals surface area (Å²) in [4.78, 5) is 34.5. The molecule has 1 rings (SSSR count). The molecule has 0 spiro atoms. The van der Waals surface area contributed by atoms with Crippen LogP contribution in [0.3, 0.4) is 0 Å². The molecular formula is C15H19F2N3O4. The smallest absolute Gasteiger partial charge is 0.326 e. The molecule has 0 heterocycles. The van der Waals surface area contributed by atoms with Crippen molar-refractivity contribution >= 4 is 23.6 Å². The van der Waals surface area contributed by atoms with E-state index in [1.54, 1.807) is 13.8 Å². The summed E-state index contributed by atoms with van der Waals surface area (Å²) in [5.74, 6) is -2.37. The molecule has 9 heteroatoms. The van der Waals surface area contributed by atoms with E-state index in [9.17, 15) is 23.2 Å². The largest absolute Gasteiger partial charge is 0.480 e. The summed E-state index contributed by atoms with van der Waals surface area (Å²) in [7, 11) is 0. The van der Waals surface area contributed by atoms with Crippen molar-refractivity contribution in [3.63, 3.8) is 0 Å². The average molecular weight is 343 g/mol. The summed E-state index contributed by atoms with van der Waals surface area (Å²) < 4.78 is 24.7. The van der Waals surface area contributed by atoms with E-state index in [0.717, 1.165) is 0 Å². The molecule has 4 N–H and O–H groups in total. The summed E-state index contributed by atoms with van der Waals surface area (Å²) in [6.45, 7) is 3.55. The first-order chi connectivity index (χ1) is 11.2. The van der Waals surface area contributed by atoms with Gasteiger partial charge in [-0.15, -0.1) is 0 Å². The van der Waals surface area contributed by atoms with Gasteiger partial charge in [-0.05, 0) is 32.0 Å². The van der Waals surface area contributed by atoms with Crippen LogP contribution in [0.1, 0.15) is 30.6 Å². The van der Waals surface area contributed by atoms with E-state index in [0.29, 0.717) is 5.69 Å². The minimum Gasteiger partial charge on any atom is -0.480 e. The van der Waals surface area contributed by atoms with Gasteiger partial charge in [-0.2, -0.15) is 0 Å². The molecule has 24 heavy (non-hydrogen) atoms. The van der Waals surface area contributed by atoms with Crippen LogP contribution in [-0.4, -0.2) is 41.5 Å². The van der Waals surface area contributed by atoms with Crippen molar-refractivity contribution in [1.29, 1.82) is 0 Å². The minimum atomic E-state index is -2.86. The molecule has 1 atom stereocenters. The standard InChI is InChI=1S/C15H19F2N3O4/c1-8(2)18-15(24)19-10-5-3-4-9(6-10)13(21)20-11(14(22)23)7-12(16)17/h3-6,8,11-12H,7H2,1-2H3,(H,20,21)(H,22,23)(H2,18,19,24). The number of aliphatic carboxylic acids is 1. The van der Waals surface area contributed by atoms with Gasteiger partial charge in [0.15, 0.2) is 0 Å². The minimum absolute atomic E-state index is 0.0397. The van der Waals surface area contributed by atoms with Crippen LogP contribution < -0.4 is 16.0 Å². The third kappa shape index (κ3) is 6.59. The Balaban J connectivity index is 2.79. The van der Waals surface area contributed by atoms with Crippen LogP contribution in [0.25, 0.3) is 0 Å². The summed E-state index contributed by atoms with van der Waals surface area (Å²) >= 11 is 0. The van der Waals surface area contributed by atoms with Crippen molar-refractivity contribution in [3.05, 3.63) is 29.8 Å². The lowest BCUT2D eigenvalue weighted by Crippen LogP contribution is -2.42. The lowest BCUT2D eigenvalue weighted by molar-refractivity contribution is -0.140. The monoisotopic (exact) mass is 343 g/mol. The Labute approximate surface area is 137 Å². The van der Waals surface area contributed by atoms with Crippen molar-refractivity contribution in [2.75, 3.05) is 5.32 Å². The highest BCUT2D eigenvalue weighted by Crippen LogP contribution is 2.12. The average Bonchev–Trinajstić information content (AvgIpc) is 2.45. The first kappa shape index (κ1) is 19.3. The number of carboxylic acid groups (broad SMARTS) is 1. The van der Waals surface area contributed by atoms with Crippen LogP contribution in [0.4, 0.5) is 19.3 Å². The Morgan fingerprint density at radius 1 is 1.17 bits per heavy atom. The second kappa shape index (κ2) is 8.80. The molecular weight excluding hydrogens is 324 g/mol. The number of urea groups is 1. The Morgan fingerprint density at radius 2 is 1.83 bits per heavy atom. The number of carboxylic acids is 1. The molecule has 132 valence electrons. The number of nitrogens with one attached hydrogen (secondary N) is 3. The number of carbonyl (C=O) groups excluding carboxylic acids is 2. The fraction of sp³-hybridized carbons (Fsp3) is 0.400. The molecule has 1 aromatic rings. The zero-order chi connectivity index (χ0) is 18.3. The number of halogens is 2. The van der Waals surface area contributed by atoms with Crippen LogP contribution in [0, 0.1) is 0 Å². The number of carbonyl (C=O) groups is 3. The summed E-state index contributed by atoms with van der Waals surface area (Å²) in [6, 6.07) is 3.45.